The normalized spacial score (nSPS) is 14.1. The van der Waals surface area contributed by atoms with Crippen molar-refractivity contribution in [2.75, 3.05) is 15.5 Å². The van der Waals surface area contributed by atoms with Crippen LogP contribution in [0.4, 0.5) is 48.6 Å². The van der Waals surface area contributed by atoms with Crippen molar-refractivity contribution in [2.24, 2.45) is 0 Å². The maximum Gasteiger partial charge on any atom is 0.260 e. The average Bonchev–Trinajstić information content (AvgIpc) is 3.33. The summed E-state index contributed by atoms with van der Waals surface area (Å²) >= 11 is 0. The van der Waals surface area contributed by atoms with Crippen molar-refractivity contribution in [3.63, 3.8) is 0 Å². The van der Waals surface area contributed by atoms with Gasteiger partial charge in [-0.25, -0.2) is 8.78 Å². The number of fused-ring (bicyclic) bond motifs is 12. The molecule has 0 fully saturated rings. The number of ether oxygens (including phenoxy) is 4. The van der Waals surface area contributed by atoms with Crippen LogP contribution in [0.2, 0.25) is 0 Å². The van der Waals surface area contributed by atoms with Crippen molar-refractivity contribution in [3.8, 4) is 46.0 Å². The van der Waals surface area contributed by atoms with Gasteiger partial charge in [-0.3, -0.25) is 0 Å². The molecule has 6 aliphatic rings. The van der Waals surface area contributed by atoms with E-state index in [0.29, 0.717) is 28.6 Å². The summed E-state index contributed by atoms with van der Waals surface area (Å²) in [4.78, 5) is 1.72. The summed E-state index contributed by atoms with van der Waals surface area (Å²) in [5.41, 5.74) is 15.4. The highest BCUT2D eigenvalue weighted by Gasteiger charge is 2.48. The Morgan fingerprint density at radius 2 is 0.971 bits per heavy atom. The van der Waals surface area contributed by atoms with E-state index in [9.17, 15) is 0 Å². The smallest absolute Gasteiger partial charge is 0.260 e. The highest BCUT2D eigenvalue weighted by Crippen LogP contribution is 2.46. The fourth-order valence-corrected chi connectivity index (χ4v) is 11.7. The molecule has 9 aromatic carbocycles. The van der Waals surface area contributed by atoms with Gasteiger partial charge in [-0.15, -0.1) is 0 Å². The van der Waals surface area contributed by atoms with Gasteiger partial charge in [-0.2, -0.15) is 0 Å². The number of hydrogen-bond acceptors (Lipinski definition) is 7. The molecule has 0 spiro atoms. The molecule has 0 aliphatic carbocycles. The van der Waals surface area contributed by atoms with E-state index in [4.69, 9.17) is 18.9 Å². The summed E-state index contributed by atoms with van der Waals surface area (Å²) in [6, 6.07) is 51.4. The molecule has 68 heavy (non-hydrogen) atoms. The minimum Gasteiger partial charge on any atom is -0.458 e. The number of nitrogens with zero attached hydrogens (tertiary/aromatic N) is 1. The first-order valence-corrected chi connectivity index (χ1v) is 22.9. The van der Waals surface area contributed by atoms with E-state index in [1.54, 1.807) is 4.90 Å². The predicted molar refractivity (Wildman–Crippen MR) is 270 cm³/mol. The van der Waals surface area contributed by atoms with Gasteiger partial charge in [0.25, 0.3) is 20.1 Å². The van der Waals surface area contributed by atoms with Crippen LogP contribution in [0.5, 0.6) is 46.0 Å². The minimum absolute atomic E-state index is 0.151. The molecule has 15 rings (SSSR count). The topological polar surface area (TPSA) is 64.2 Å². The van der Waals surface area contributed by atoms with E-state index in [0.717, 1.165) is 112 Å². The van der Waals surface area contributed by atoms with E-state index in [1.165, 1.54) is 18.2 Å². The molecule has 320 valence electrons. The average molecular weight is 883 g/mol. The standard InChI is InChI=1S/C56H34B3F2N3O4/c1-29-19-44-54-49(20-29)65-45-17-8-6-13-33(45)57(54)36-26-38-48(28-43(36)64(44)56-39(60)15-10-16-40(56)61)68-52-24-32(62-31-11-4-3-5-12-31)23-42-53(52)59(38)35-25-37-47(27-41(35)63-42)67-51-22-30(2)21-50-55(51)58(37)34-14-7-9-18-46(34)66-50/h3-28,62-63H,1-2H3. The lowest BCUT2D eigenvalue weighted by Crippen LogP contribution is -2.64. The second kappa shape index (κ2) is 13.6. The Morgan fingerprint density at radius 1 is 0.412 bits per heavy atom. The van der Waals surface area contributed by atoms with Gasteiger partial charge >= 0.3 is 0 Å². The van der Waals surface area contributed by atoms with Gasteiger partial charge in [0.2, 0.25) is 0 Å². The molecule has 6 heterocycles. The number of nitrogens with one attached hydrogen (secondary N) is 2. The zero-order valence-electron chi connectivity index (χ0n) is 36.6. The fraction of sp³-hybridized carbons (Fsp3) is 0.0357. The van der Waals surface area contributed by atoms with Crippen LogP contribution in [0.15, 0.2) is 158 Å². The van der Waals surface area contributed by atoms with E-state index in [1.807, 2.05) is 91.9 Å². The molecular weight excluding hydrogens is 849 g/mol. The summed E-state index contributed by atoms with van der Waals surface area (Å²) in [6.45, 7) is 3.23. The molecule has 0 aromatic heterocycles. The molecule has 6 aliphatic heterocycles. The third-order valence-corrected chi connectivity index (χ3v) is 14.4. The Morgan fingerprint density at radius 3 is 1.68 bits per heavy atom. The zero-order valence-corrected chi connectivity index (χ0v) is 36.6. The van der Waals surface area contributed by atoms with Crippen LogP contribution in [0.25, 0.3) is 0 Å². The maximum atomic E-state index is 16.4. The quantitative estimate of drug-likeness (QED) is 0.174. The molecule has 7 nitrogen and oxygen atoms in total. The predicted octanol–water partition coefficient (Wildman–Crippen LogP) is 8.14. The molecule has 0 unspecified atom stereocenters. The van der Waals surface area contributed by atoms with Crippen molar-refractivity contribution in [3.05, 3.63) is 180 Å². The molecular formula is C56H34B3F2N3O4. The molecule has 2 N–H and O–H groups in total. The Balaban J connectivity index is 1.000. The third-order valence-electron chi connectivity index (χ3n) is 14.4. The first-order chi connectivity index (χ1) is 33.3. The molecule has 0 radical (unpaired) electrons. The molecule has 0 saturated carbocycles. The maximum absolute atomic E-state index is 16.4. The van der Waals surface area contributed by atoms with Crippen LogP contribution in [0.1, 0.15) is 11.1 Å². The lowest BCUT2D eigenvalue weighted by atomic mass is 9.30. The van der Waals surface area contributed by atoms with E-state index in [2.05, 4.69) is 72.2 Å². The second-order valence-electron chi connectivity index (χ2n) is 18.5. The van der Waals surface area contributed by atoms with Gasteiger partial charge in [0.15, 0.2) is 0 Å². The van der Waals surface area contributed by atoms with Gasteiger partial charge in [0.05, 0.1) is 0 Å². The van der Waals surface area contributed by atoms with E-state index in [-0.39, 0.29) is 25.8 Å². The largest absolute Gasteiger partial charge is 0.458 e. The van der Waals surface area contributed by atoms with Crippen molar-refractivity contribution in [1.29, 1.82) is 0 Å². The SMILES string of the molecule is Cc1cc2c3c(c1)Oc1cc4c(cc1B3c1ccccc1O2)B1c2cc3c(cc2Oc2cc(Nc5ccccc5)cc(c21)N4)N(c1c(F)cccc1F)c1cc(C)cc2c1B3c1ccccc1O2. The highest BCUT2D eigenvalue weighted by molar-refractivity contribution is 7.03. The van der Waals surface area contributed by atoms with Gasteiger partial charge in [-0.05, 0) is 135 Å². The Labute approximate surface area is 391 Å². The van der Waals surface area contributed by atoms with E-state index < -0.39 is 11.6 Å². The van der Waals surface area contributed by atoms with Crippen molar-refractivity contribution in [2.45, 2.75) is 13.8 Å². The lowest BCUT2D eigenvalue weighted by molar-refractivity contribution is 0.464. The summed E-state index contributed by atoms with van der Waals surface area (Å²) in [6.07, 6.45) is 0. The number of rotatable bonds is 3. The minimum atomic E-state index is -0.680. The number of para-hydroxylation sites is 4. The molecule has 0 atom stereocenters. The summed E-state index contributed by atoms with van der Waals surface area (Å²) in [5, 5.41) is 7.44. The van der Waals surface area contributed by atoms with Crippen molar-refractivity contribution >= 4 is 109 Å². The Kier molecular flexibility index (Phi) is 7.57. The number of aryl methyl sites for hydroxylation is 2. The molecule has 12 heteroatoms. The van der Waals surface area contributed by atoms with Crippen LogP contribution in [0.3, 0.4) is 0 Å². The Hall–Kier alpha value is -8.37. The number of benzene rings is 9. The van der Waals surface area contributed by atoms with Crippen molar-refractivity contribution < 1.29 is 27.7 Å². The van der Waals surface area contributed by atoms with Gasteiger partial charge in [-0.1, -0.05) is 72.8 Å². The summed E-state index contributed by atoms with van der Waals surface area (Å²) in [5.74, 6) is 4.45. The first-order valence-electron chi connectivity index (χ1n) is 22.9. The van der Waals surface area contributed by atoms with Crippen LogP contribution < -0.4 is 83.6 Å². The lowest BCUT2D eigenvalue weighted by Gasteiger charge is -2.42. The highest BCUT2D eigenvalue weighted by atomic mass is 19.1. The number of halogens is 2. The number of hydrogen-bond donors (Lipinski definition) is 2. The Bertz CT molecular complexity index is 3740. The summed E-state index contributed by atoms with van der Waals surface area (Å²) < 4.78 is 60.1. The second-order valence-corrected chi connectivity index (χ2v) is 18.5. The monoisotopic (exact) mass is 883 g/mol. The van der Waals surface area contributed by atoms with Crippen LogP contribution in [0, 0.1) is 25.5 Å². The van der Waals surface area contributed by atoms with Gasteiger partial charge < -0.3 is 34.5 Å². The first kappa shape index (κ1) is 37.8. The van der Waals surface area contributed by atoms with Crippen LogP contribution >= 0.6 is 0 Å². The molecule has 0 amide bonds. The van der Waals surface area contributed by atoms with Gasteiger partial charge in [0.1, 0.15) is 63.3 Å². The van der Waals surface area contributed by atoms with Crippen molar-refractivity contribution in [1.82, 2.24) is 0 Å². The molecule has 0 saturated heterocycles. The number of anilines is 7. The summed E-state index contributed by atoms with van der Waals surface area (Å²) in [7, 11) is 0. The third kappa shape index (κ3) is 5.25. The van der Waals surface area contributed by atoms with Gasteiger partial charge in [0, 0.05) is 57.8 Å². The fourth-order valence-electron chi connectivity index (χ4n) is 11.7. The molecule has 9 aromatic rings. The molecule has 0 bridgehead atoms. The van der Waals surface area contributed by atoms with Crippen LogP contribution in [-0.4, -0.2) is 20.1 Å². The zero-order chi connectivity index (χ0) is 45.1. The van der Waals surface area contributed by atoms with Crippen LogP contribution in [-0.2, 0) is 0 Å². The van der Waals surface area contributed by atoms with E-state index >= 15 is 8.78 Å².